The van der Waals surface area contributed by atoms with Crippen LogP contribution in [-0.4, -0.2) is 46.4 Å². The Labute approximate surface area is 178 Å². The summed E-state index contributed by atoms with van der Waals surface area (Å²) in [5.41, 5.74) is 0.649. The van der Waals surface area contributed by atoms with Crippen molar-refractivity contribution in [2.45, 2.75) is 63.6 Å². The average molecular weight is 410 g/mol. The lowest BCUT2D eigenvalue weighted by Crippen LogP contribution is -2.59. The summed E-state index contributed by atoms with van der Waals surface area (Å²) in [6.45, 7) is 4.28. The first-order valence-electron chi connectivity index (χ1n) is 11.5. The van der Waals surface area contributed by atoms with E-state index in [0.717, 1.165) is 31.3 Å². The van der Waals surface area contributed by atoms with Crippen molar-refractivity contribution in [1.82, 2.24) is 9.80 Å². The first-order chi connectivity index (χ1) is 14.7. The van der Waals surface area contributed by atoms with Crippen molar-refractivity contribution in [2.75, 3.05) is 19.6 Å². The molecule has 1 aliphatic carbocycles. The molecule has 30 heavy (non-hydrogen) atoms. The summed E-state index contributed by atoms with van der Waals surface area (Å²) < 4.78 is 6.15. The van der Waals surface area contributed by atoms with Crippen LogP contribution in [0.15, 0.2) is 40.8 Å². The molecule has 160 valence electrons. The Kier molecular flexibility index (Phi) is 5.61. The summed E-state index contributed by atoms with van der Waals surface area (Å²) in [7, 11) is 0. The van der Waals surface area contributed by atoms with Gasteiger partial charge in [0.1, 0.15) is 11.5 Å². The Morgan fingerprint density at radius 1 is 0.967 bits per heavy atom. The standard InChI is InChI=1S/C24H31N3O3/c28-27(29)21-10-5-4-9-20(21)23-13-12-19(30-23)17-26-16-15-25-14-6-11-22(25)24(26)18-7-2-1-3-8-18/h4-5,9-10,12-13,18,22,24H,1-3,6-8,11,14-17H2/t22-,24-/m1/s1. The lowest BCUT2D eigenvalue weighted by atomic mass is 9.78. The molecule has 3 aliphatic rings. The van der Waals surface area contributed by atoms with Gasteiger partial charge in [-0.05, 0) is 56.3 Å². The molecule has 1 aromatic heterocycles. The van der Waals surface area contributed by atoms with Crippen molar-refractivity contribution in [3.63, 3.8) is 0 Å². The summed E-state index contributed by atoms with van der Waals surface area (Å²) in [6, 6.07) is 12.0. The fourth-order valence-corrected chi connectivity index (χ4v) is 6.09. The number of hydrogen-bond donors (Lipinski definition) is 0. The van der Waals surface area contributed by atoms with Crippen LogP contribution in [-0.2, 0) is 6.54 Å². The molecule has 0 radical (unpaired) electrons. The molecule has 1 aromatic carbocycles. The van der Waals surface area contributed by atoms with E-state index in [-0.39, 0.29) is 10.6 Å². The second-order valence-electron chi connectivity index (χ2n) is 9.14. The van der Waals surface area contributed by atoms with Crippen molar-refractivity contribution >= 4 is 5.69 Å². The first-order valence-corrected chi connectivity index (χ1v) is 11.5. The zero-order chi connectivity index (χ0) is 20.5. The number of nitrogens with zero attached hydrogens (tertiary/aromatic N) is 3. The molecule has 0 bridgehead atoms. The van der Waals surface area contributed by atoms with E-state index in [9.17, 15) is 10.1 Å². The van der Waals surface area contributed by atoms with E-state index >= 15 is 0 Å². The molecule has 1 saturated carbocycles. The Bertz CT molecular complexity index is 889. The second kappa shape index (κ2) is 8.52. The smallest absolute Gasteiger partial charge is 0.280 e. The normalized spacial score (nSPS) is 26.0. The highest BCUT2D eigenvalue weighted by atomic mass is 16.6. The predicted molar refractivity (Wildman–Crippen MR) is 116 cm³/mol. The lowest BCUT2D eigenvalue weighted by Gasteiger charge is -2.49. The Morgan fingerprint density at radius 3 is 2.63 bits per heavy atom. The minimum Gasteiger partial charge on any atom is -0.459 e. The number of fused-ring (bicyclic) bond motifs is 1. The van der Waals surface area contributed by atoms with Gasteiger partial charge in [0.15, 0.2) is 0 Å². The number of rotatable bonds is 5. The van der Waals surface area contributed by atoms with Gasteiger partial charge in [-0.1, -0.05) is 31.4 Å². The van der Waals surface area contributed by atoms with Gasteiger partial charge < -0.3 is 4.42 Å². The second-order valence-corrected chi connectivity index (χ2v) is 9.14. The van der Waals surface area contributed by atoms with Crippen LogP contribution in [0.4, 0.5) is 5.69 Å². The first kappa shape index (κ1) is 19.8. The SMILES string of the molecule is O=[N+]([O-])c1ccccc1-c1ccc(CN2CCN3CCC[C@@H]3[C@H]2C2CCCCC2)o1. The molecule has 0 N–H and O–H groups in total. The van der Waals surface area contributed by atoms with Crippen molar-refractivity contribution in [3.05, 3.63) is 52.3 Å². The van der Waals surface area contributed by atoms with Crippen LogP contribution < -0.4 is 0 Å². The van der Waals surface area contributed by atoms with E-state index in [0.29, 0.717) is 23.4 Å². The number of furan rings is 1. The summed E-state index contributed by atoms with van der Waals surface area (Å²) in [5, 5.41) is 11.4. The third kappa shape index (κ3) is 3.79. The van der Waals surface area contributed by atoms with Gasteiger partial charge in [0.2, 0.25) is 0 Å². The monoisotopic (exact) mass is 409 g/mol. The van der Waals surface area contributed by atoms with Gasteiger partial charge in [0, 0.05) is 31.2 Å². The summed E-state index contributed by atoms with van der Waals surface area (Å²) in [5.74, 6) is 2.29. The van der Waals surface area contributed by atoms with Crippen LogP contribution in [0.2, 0.25) is 0 Å². The molecule has 5 rings (SSSR count). The topological polar surface area (TPSA) is 62.8 Å². The molecule has 3 heterocycles. The number of benzene rings is 1. The van der Waals surface area contributed by atoms with Gasteiger partial charge >= 0.3 is 0 Å². The number of para-hydroxylation sites is 1. The molecule has 2 aliphatic heterocycles. The Balaban J connectivity index is 1.37. The highest BCUT2D eigenvalue weighted by molar-refractivity contribution is 5.69. The number of nitro groups is 1. The van der Waals surface area contributed by atoms with E-state index in [1.54, 1.807) is 12.1 Å². The van der Waals surface area contributed by atoms with Gasteiger partial charge in [-0.25, -0.2) is 0 Å². The molecular weight excluding hydrogens is 378 g/mol. The maximum atomic E-state index is 11.4. The molecule has 0 spiro atoms. The number of piperazine rings is 1. The van der Waals surface area contributed by atoms with Gasteiger partial charge in [-0.2, -0.15) is 0 Å². The molecule has 0 amide bonds. The van der Waals surface area contributed by atoms with Gasteiger partial charge in [0.25, 0.3) is 5.69 Å². The van der Waals surface area contributed by atoms with Crippen LogP contribution in [0.25, 0.3) is 11.3 Å². The minimum absolute atomic E-state index is 0.0954. The zero-order valence-electron chi connectivity index (χ0n) is 17.5. The van der Waals surface area contributed by atoms with Gasteiger partial charge in [0.05, 0.1) is 17.0 Å². The highest BCUT2D eigenvalue weighted by Gasteiger charge is 2.43. The zero-order valence-corrected chi connectivity index (χ0v) is 17.5. The molecule has 2 aromatic rings. The summed E-state index contributed by atoms with van der Waals surface area (Å²) in [4.78, 5) is 16.4. The van der Waals surface area contributed by atoms with Crippen molar-refractivity contribution in [2.24, 2.45) is 5.92 Å². The minimum atomic E-state index is -0.337. The van der Waals surface area contributed by atoms with Crippen LogP contribution in [0.5, 0.6) is 0 Å². The quantitative estimate of drug-likeness (QED) is 0.509. The van der Waals surface area contributed by atoms with Crippen LogP contribution in [0.1, 0.15) is 50.7 Å². The summed E-state index contributed by atoms with van der Waals surface area (Å²) in [6.07, 6.45) is 9.46. The fraction of sp³-hybridized carbons (Fsp3) is 0.583. The van der Waals surface area contributed by atoms with Crippen molar-refractivity contribution < 1.29 is 9.34 Å². The maximum absolute atomic E-state index is 11.4. The molecule has 3 fully saturated rings. The van der Waals surface area contributed by atoms with Crippen LogP contribution in [0.3, 0.4) is 0 Å². The average Bonchev–Trinajstić information content (AvgIpc) is 3.44. The molecule has 6 nitrogen and oxygen atoms in total. The van der Waals surface area contributed by atoms with Crippen molar-refractivity contribution in [1.29, 1.82) is 0 Å². The predicted octanol–water partition coefficient (Wildman–Crippen LogP) is 5.08. The molecule has 6 heteroatoms. The van der Waals surface area contributed by atoms with E-state index in [1.165, 1.54) is 57.6 Å². The number of nitro benzene ring substituents is 1. The lowest BCUT2D eigenvalue weighted by molar-refractivity contribution is -0.384. The van der Waals surface area contributed by atoms with E-state index in [4.69, 9.17) is 4.42 Å². The van der Waals surface area contributed by atoms with Gasteiger partial charge in [-0.15, -0.1) is 0 Å². The molecular formula is C24H31N3O3. The van der Waals surface area contributed by atoms with E-state index < -0.39 is 0 Å². The van der Waals surface area contributed by atoms with Gasteiger partial charge in [-0.3, -0.25) is 19.9 Å². The molecule has 2 atom stereocenters. The third-order valence-corrected chi connectivity index (χ3v) is 7.42. The van der Waals surface area contributed by atoms with Crippen molar-refractivity contribution in [3.8, 4) is 11.3 Å². The molecule has 2 saturated heterocycles. The largest absolute Gasteiger partial charge is 0.459 e. The number of hydrogen-bond acceptors (Lipinski definition) is 5. The Morgan fingerprint density at radius 2 is 1.80 bits per heavy atom. The fourth-order valence-electron chi connectivity index (χ4n) is 6.09. The van der Waals surface area contributed by atoms with Crippen LogP contribution in [0, 0.1) is 16.0 Å². The maximum Gasteiger partial charge on any atom is 0.280 e. The van der Waals surface area contributed by atoms with Crippen LogP contribution >= 0.6 is 0 Å². The molecule has 0 unspecified atom stereocenters. The Hall–Kier alpha value is -2.18. The summed E-state index contributed by atoms with van der Waals surface area (Å²) >= 11 is 0. The van der Waals surface area contributed by atoms with E-state index in [2.05, 4.69) is 9.80 Å². The third-order valence-electron chi connectivity index (χ3n) is 7.42. The highest BCUT2D eigenvalue weighted by Crippen LogP contribution is 2.38. The van der Waals surface area contributed by atoms with E-state index in [1.807, 2.05) is 18.2 Å².